The van der Waals surface area contributed by atoms with Gasteiger partial charge in [-0.15, -0.1) is 12.4 Å². The predicted octanol–water partition coefficient (Wildman–Crippen LogP) is 1.61. The van der Waals surface area contributed by atoms with Crippen molar-refractivity contribution in [2.24, 2.45) is 5.92 Å². The van der Waals surface area contributed by atoms with Crippen molar-refractivity contribution in [2.75, 3.05) is 25.4 Å². The van der Waals surface area contributed by atoms with Crippen LogP contribution in [0, 0.1) is 5.92 Å². The van der Waals surface area contributed by atoms with Crippen molar-refractivity contribution in [1.82, 2.24) is 9.62 Å². The molecule has 1 N–H and O–H groups in total. The number of hydrogen-bond donors (Lipinski definition) is 1. The molecule has 2 fully saturated rings. The highest BCUT2D eigenvalue weighted by atomic mass is 35.5. The van der Waals surface area contributed by atoms with E-state index in [1.54, 1.807) is 4.31 Å². The normalized spacial score (nSPS) is 24.2. The smallest absolute Gasteiger partial charge is 0.214 e. The van der Waals surface area contributed by atoms with Crippen molar-refractivity contribution in [3.63, 3.8) is 0 Å². The number of nitrogens with zero attached hydrogens (tertiary/aromatic N) is 1. The van der Waals surface area contributed by atoms with Gasteiger partial charge in [-0.3, -0.25) is 0 Å². The molecular formula is C12H25ClN2O2S. The second-order valence-electron chi connectivity index (χ2n) is 5.31. The van der Waals surface area contributed by atoms with Gasteiger partial charge in [0.05, 0.1) is 5.75 Å². The Bertz CT molecular complexity index is 338. The summed E-state index contributed by atoms with van der Waals surface area (Å²) >= 11 is 0. The quantitative estimate of drug-likeness (QED) is 0.776. The average Bonchev–Trinajstić information content (AvgIpc) is 2.98. The third kappa shape index (κ3) is 4.37. The van der Waals surface area contributed by atoms with Gasteiger partial charge < -0.3 is 5.32 Å². The molecule has 108 valence electrons. The molecule has 0 spiro atoms. The summed E-state index contributed by atoms with van der Waals surface area (Å²) in [6, 6.07) is 0.194. The van der Waals surface area contributed by atoms with Crippen molar-refractivity contribution in [3.8, 4) is 0 Å². The first kappa shape index (κ1) is 16.2. The fourth-order valence-corrected chi connectivity index (χ4v) is 4.45. The van der Waals surface area contributed by atoms with Crippen LogP contribution >= 0.6 is 12.4 Å². The Morgan fingerprint density at radius 1 is 1.28 bits per heavy atom. The summed E-state index contributed by atoms with van der Waals surface area (Å²) in [7, 11) is -3.03. The molecule has 0 aromatic rings. The van der Waals surface area contributed by atoms with E-state index in [9.17, 15) is 8.42 Å². The van der Waals surface area contributed by atoms with Crippen LogP contribution in [0.5, 0.6) is 0 Å². The minimum Gasteiger partial charge on any atom is -0.315 e. The third-order valence-electron chi connectivity index (χ3n) is 3.72. The molecule has 0 radical (unpaired) electrons. The number of sulfonamides is 1. The van der Waals surface area contributed by atoms with E-state index in [1.807, 2.05) is 6.92 Å². The molecule has 0 bridgehead atoms. The molecule has 1 atom stereocenters. The van der Waals surface area contributed by atoms with E-state index in [1.165, 1.54) is 12.8 Å². The molecule has 0 amide bonds. The first-order valence-corrected chi connectivity index (χ1v) is 8.44. The molecule has 0 aromatic carbocycles. The van der Waals surface area contributed by atoms with Crippen molar-refractivity contribution in [2.45, 2.75) is 45.1 Å². The van der Waals surface area contributed by atoms with Gasteiger partial charge in [-0.2, -0.15) is 4.31 Å². The van der Waals surface area contributed by atoms with Crippen LogP contribution in [0.3, 0.4) is 0 Å². The van der Waals surface area contributed by atoms with E-state index in [4.69, 9.17) is 0 Å². The molecule has 2 rings (SSSR count). The summed E-state index contributed by atoms with van der Waals surface area (Å²) < 4.78 is 26.4. The van der Waals surface area contributed by atoms with Crippen LogP contribution in [0.4, 0.5) is 0 Å². The fraction of sp³-hybridized carbons (Fsp3) is 1.00. The topological polar surface area (TPSA) is 49.4 Å². The zero-order chi connectivity index (χ0) is 12.3. The van der Waals surface area contributed by atoms with Crippen LogP contribution < -0.4 is 5.32 Å². The highest BCUT2D eigenvalue weighted by Crippen LogP contribution is 2.33. The molecule has 1 saturated carbocycles. The molecule has 0 aromatic heterocycles. The third-order valence-corrected chi connectivity index (χ3v) is 5.67. The van der Waals surface area contributed by atoms with Crippen LogP contribution in [0.25, 0.3) is 0 Å². The Morgan fingerprint density at radius 3 is 2.50 bits per heavy atom. The van der Waals surface area contributed by atoms with Crippen LogP contribution in [0.1, 0.15) is 39.0 Å². The zero-order valence-electron chi connectivity index (χ0n) is 11.1. The van der Waals surface area contributed by atoms with Gasteiger partial charge >= 0.3 is 0 Å². The average molecular weight is 297 g/mol. The monoisotopic (exact) mass is 296 g/mol. The SMILES string of the molecule is CCCN(C1CCNC1)S(=O)(=O)CCC1CC1.Cl. The van der Waals surface area contributed by atoms with Gasteiger partial charge in [0.25, 0.3) is 0 Å². The Kier molecular flexibility index (Phi) is 6.38. The highest BCUT2D eigenvalue weighted by molar-refractivity contribution is 7.89. The second-order valence-corrected chi connectivity index (χ2v) is 7.35. The largest absolute Gasteiger partial charge is 0.315 e. The summed E-state index contributed by atoms with van der Waals surface area (Å²) in [5.74, 6) is 1.05. The Morgan fingerprint density at radius 2 is 2.00 bits per heavy atom. The minimum absolute atomic E-state index is 0. The fourth-order valence-electron chi connectivity index (χ4n) is 2.49. The summed E-state index contributed by atoms with van der Waals surface area (Å²) in [6.07, 6.45) is 5.19. The Balaban J connectivity index is 0.00000162. The Labute approximate surface area is 117 Å². The van der Waals surface area contributed by atoms with Crippen molar-refractivity contribution < 1.29 is 8.42 Å². The Hall–Kier alpha value is 0.160. The van der Waals surface area contributed by atoms with Gasteiger partial charge in [0.1, 0.15) is 0 Å². The van der Waals surface area contributed by atoms with E-state index in [0.717, 1.165) is 32.4 Å². The number of nitrogens with one attached hydrogen (secondary N) is 1. The molecular weight excluding hydrogens is 272 g/mol. The summed E-state index contributed by atoms with van der Waals surface area (Å²) in [6.45, 7) is 4.50. The maximum atomic E-state index is 12.3. The molecule has 2 aliphatic rings. The van der Waals surface area contributed by atoms with Crippen molar-refractivity contribution in [1.29, 1.82) is 0 Å². The van der Waals surface area contributed by atoms with Gasteiger partial charge in [0, 0.05) is 19.1 Å². The molecule has 1 heterocycles. The number of rotatable bonds is 7. The van der Waals surface area contributed by atoms with Crippen molar-refractivity contribution >= 4 is 22.4 Å². The molecule has 18 heavy (non-hydrogen) atoms. The van der Waals surface area contributed by atoms with E-state index in [2.05, 4.69) is 5.32 Å². The van der Waals surface area contributed by atoms with Crippen LogP contribution in [-0.4, -0.2) is 44.2 Å². The standard InChI is InChI=1S/C12H24N2O2S.ClH/c1-2-8-14(12-5-7-13-10-12)17(15,16)9-6-11-3-4-11;/h11-13H,2-10H2,1H3;1H. The summed E-state index contributed by atoms with van der Waals surface area (Å²) in [5, 5.41) is 3.25. The van der Waals surface area contributed by atoms with E-state index >= 15 is 0 Å². The number of halogens is 1. The van der Waals surface area contributed by atoms with Gasteiger partial charge in [-0.1, -0.05) is 19.8 Å². The summed E-state index contributed by atoms with van der Waals surface area (Å²) in [5.41, 5.74) is 0. The van der Waals surface area contributed by atoms with Gasteiger partial charge in [0.2, 0.25) is 10.0 Å². The lowest BCUT2D eigenvalue weighted by Gasteiger charge is -2.27. The lowest BCUT2D eigenvalue weighted by atomic mass is 10.2. The maximum Gasteiger partial charge on any atom is 0.214 e. The number of hydrogen-bond acceptors (Lipinski definition) is 3. The molecule has 6 heteroatoms. The van der Waals surface area contributed by atoms with Gasteiger partial charge in [-0.05, 0) is 31.7 Å². The molecule has 1 aliphatic heterocycles. The minimum atomic E-state index is -3.03. The first-order valence-electron chi connectivity index (χ1n) is 6.83. The molecule has 1 aliphatic carbocycles. The van der Waals surface area contributed by atoms with Gasteiger partial charge in [0.15, 0.2) is 0 Å². The van der Waals surface area contributed by atoms with Crippen LogP contribution in [0.15, 0.2) is 0 Å². The molecule has 4 nitrogen and oxygen atoms in total. The molecule has 1 unspecified atom stereocenters. The van der Waals surface area contributed by atoms with E-state index < -0.39 is 10.0 Å². The first-order chi connectivity index (χ1) is 8.13. The second kappa shape index (κ2) is 7.08. The van der Waals surface area contributed by atoms with Crippen LogP contribution in [-0.2, 0) is 10.0 Å². The lowest BCUT2D eigenvalue weighted by Crippen LogP contribution is -2.43. The highest BCUT2D eigenvalue weighted by Gasteiger charge is 2.32. The lowest BCUT2D eigenvalue weighted by molar-refractivity contribution is 0.334. The zero-order valence-corrected chi connectivity index (χ0v) is 12.7. The van der Waals surface area contributed by atoms with Gasteiger partial charge in [-0.25, -0.2) is 8.42 Å². The van der Waals surface area contributed by atoms with E-state index in [-0.39, 0.29) is 18.4 Å². The maximum absolute atomic E-state index is 12.3. The summed E-state index contributed by atoms with van der Waals surface area (Å²) in [4.78, 5) is 0. The van der Waals surface area contributed by atoms with E-state index in [0.29, 0.717) is 18.2 Å². The van der Waals surface area contributed by atoms with Crippen LogP contribution in [0.2, 0.25) is 0 Å². The molecule has 1 saturated heterocycles. The van der Waals surface area contributed by atoms with Crippen molar-refractivity contribution in [3.05, 3.63) is 0 Å². The predicted molar refractivity (Wildman–Crippen MR) is 76.6 cm³/mol.